The van der Waals surface area contributed by atoms with Crippen molar-refractivity contribution >= 4 is 5.69 Å². The molecule has 0 unspecified atom stereocenters. The van der Waals surface area contributed by atoms with Crippen LogP contribution >= 0.6 is 0 Å². The van der Waals surface area contributed by atoms with Crippen LogP contribution in [-0.4, -0.2) is 19.3 Å². The summed E-state index contributed by atoms with van der Waals surface area (Å²) in [6.45, 7) is 2.53. The van der Waals surface area contributed by atoms with E-state index in [2.05, 4.69) is 5.32 Å². The van der Waals surface area contributed by atoms with Crippen LogP contribution in [0.25, 0.3) is 0 Å². The van der Waals surface area contributed by atoms with E-state index < -0.39 is 0 Å². The number of anilines is 1. The van der Waals surface area contributed by atoms with Gasteiger partial charge in [-0.1, -0.05) is 0 Å². The van der Waals surface area contributed by atoms with Crippen molar-refractivity contribution in [1.29, 1.82) is 0 Å². The van der Waals surface area contributed by atoms with Crippen LogP contribution in [-0.2, 0) is 6.54 Å². The molecule has 0 heterocycles. The Kier molecular flexibility index (Phi) is 4.35. The predicted molar refractivity (Wildman–Crippen MR) is 79.7 cm³/mol. The molecule has 0 radical (unpaired) electrons. The average molecular weight is 273 g/mol. The van der Waals surface area contributed by atoms with Crippen molar-refractivity contribution in [3.05, 3.63) is 47.5 Å². The van der Waals surface area contributed by atoms with Crippen LogP contribution in [0.5, 0.6) is 17.2 Å². The van der Waals surface area contributed by atoms with Gasteiger partial charge >= 0.3 is 0 Å². The van der Waals surface area contributed by atoms with Crippen LogP contribution in [0.2, 0.25) is 0 Å². The lowest BCUT2D eigenvalue weighted by Crippen LogP contribution is -2.02. The third-order valence-corrected chi connectivity index (χ3v) is 3.19. The van der Waals surface area contributed by atoms with Crippen LogP contribution in [0.3, 0.4) is 0 Å². The SMILES string of the molecule is COc1ccc(NCc2cc(OC)ccc2O)c(C)c1. The van der Waals surface area contributed by atoms with E-state index in [-0.39, 0.29) is 5.75 Å². The van der Waals surface area contributed by atoms with E-state index in [1.165, 1.54) is 0 Å². The molecule has 0 aliphatic heterocycles. The summed E-state index contributed by atoms with van der Waals surface area (Å²) >= 11 is 0. The number of nitrogens with one attached hydrogen (secondary N) is 1. The molecule has 0 aliphatic rings. The molecule has 0 fully saturated rings. The first-order valence-electron chi connectivity index (χ1n) is 6.38. The highest BCUT2D eigenvalue weighted by Crippen LogP contribution is 2.25. The van der Waals surface area contributed by atoms with Crippen LogP contribution in [0, 0.1) is 6.92 Å². The molecule has 2 rings (SSSR count). The minimum Gasteiger partial charge on any atom is -0.508 e. The molecule has 2 N–H and O–H groups in total. The summed E-state index contributed by atoms with van der Waals surface area (Å²) < 4.78 is 10.3. The molecule has 2 aromatic rings. The van der Waals surface area contributed by atoms with Gasteiger partial charge in [-0.25, -0.2) is 0 Å². The third kappa shape index (κ3) is 3.15. The van der Waals surface area contributed by atoms with Gasteiger partial charge in [-0.05, 0) is 48.9 Å². The molecule has 0 bridgehead atoms. The lowest BCUT2D eigenvalue weighted by Gasteiger charge is -2.12. The number of phenolic OH excluding ortho intramolecular Hbond substituents is 1. The molecular weight excluding hydrogens is 254 g/mol. The number of benzene rings is 2. The van der Waals surface area contributed by atoms with Gasteiger partial charge in [-0.3, -0.25) is 0 Å². The number of aromatic hydroxyl groups is 1. The zero-order chi connectivity index (χ0) is 14.5. The lowest BCUT2D eigenvalue weighted by atomic mass is 10.1. The quantitative estimate of drug-likeness (QED) is 0.877. The molecule has 0 aliphatic carbocycles. The molecule has 20 heavy (non-hydrogen) atoms. The second kappa shape index (κ2) is 6.19. The van der Waals surface area contributed by atoms with Crippen molar-refractivity contribution in [3.8, 4) is 17.2 Å². The molecule has 106 valence electrons. The summed E-state index contributed by atoms with van der Waals surface area (Å²) in [5.74, 6) is 1.81. The number of hydrogen-bond donors (Lipinski definition) is 2. The number of hydrogen-bond acceptors (Lipinski definition) is 4. The van der Waals surface area contributed by atoms with Crippen molar-refractivity contribution in [3.63, 3.8) is 0 Å². The zero-order valence-corrected chi connectivity index (χ0v) is 11.9. The highest BCUT2D eigenvalue weighted by Gasteiger charge is 2.05. The van der Waals surface area contributed by atoms with Crippen LogP contribution < -0.4 is 14.8 Å². The van der Waals surface area contributed by atoms with Gasteiger partial charge in [0.05, 0.1) is 14.2 Å². The molecule has 0 saturated carbocycles. The van der Waals surface area contributed by atoms with E-state index in [1.807, 2.05) is 31.2 Å². The number of methoxy groups -OCH3 is 2. The Morgan fingerprint density at radius 1 is 1.00 bits per heavy atom. The Balaban J connectivity index is 2.12. The Hall–Kier alpha value is -2.36. The van der Waals surface area contributed by atoms with Gasteiger partial charge in [0.1, 0.15) is 17.2 Å². The van der Waals surface area contributed by atoms with E-state index in [0.29, 0.717) is 6.54 Å². The summed E-state index contributed by atoms with van der Waals surface area (Å²) in [4.78, 5) is 0. The number of phenols is 1. The number of rotatable bonds is 5. The van der Waals surface area contributed by atoms with E-state index in [9.17, 15) is 5.11 Å². The standard InChI is InChI=1S/C16H19NO3/c1-11-8-13(19-2)4-6-15(11)17-10-12-9-14(20-3)5-7-16(12)18/h4-9,17-18H,10H2,1-3H3. The van der Waals surface area contributed by atoms with Crippen LogP contribution in [0.1, 0.15) is 11.1 Å². The van der Waals surface area contributed by atoms with Crippen molar-refractivity contribution < 1.29 is 14.6 Å². The fourth-order valence-electron chi connectivity index (χ4n) is 1.98. The molecule has 4 nitrogen and oxygen atoms in total. The van der Waals surface area contributed by atoms with Crippen molar-refractivity contribution in [2.45, 2.75) is 13.5 Å². The maximum Gasteiger partial charge on any atom is 0.120 e. The van der Waals surface area contributed by atoms with Gasteiger partial charge in [0.2, 0.25) is 0 Å². The Bertz CT molecular complexity index is 596. The van der Waals surface area contributed by atoms with Crippen LogP contribution in [0.4, 0.5) is 5.69 Å². The van der Waals surface area contributed by atoms with Crippen LogP contribution in [0.15, 0.2) is 36.4 Å². The molecule has 0 aromatic heterocycles. The maximum atomic E-state index is 9.84. The largest absolute Gasteiger partial charge is 0.508 e. The Morgan fingerprint density at radius 2 is 1.65 bits per heavy atom. The number of ether oxygens (including phenoxy) is 2. The first-order chi connectivity index (χ1) is 9.63. The van der Waals surface area contributed by atoms with Crippen molar-refractivity contribution in [1.82, 2.24) is 0 Å². The zero-order valence-electron chi connectivity index (χ0n) is 11.9. The monoisotopic (exact) mass is 273 g/mol. The smallest absolute Gasteiger partial charge is 0.120 e. The van der Waals surface area contributed by atoms with E-state index in [0.717, 1.165) is 28.3 Å². The molecule has 4 heteroatoms. The molecule has 0 atom stereocenters. The van der Waals surface area contributed by atoms with Gasteiger partial charge in [0.15, 0.2) is 0 Å². The molecule has 2 aromatic carbocycles. The third-order valence-electron chi connectivity index (χ3n) is 3.19. The van der Waals surface area contributed by atoms with Crippen molar-refractivity contribution in [2.75, 3.05) is 19.5 Å². The molecule has 0 saturated heterocycles. The Morgan fingerprint density at radius 3 is 2.30 bits per heavy atom. The Labute approximate surface area is 119 Å². The fourth-order valence-corrected chi connectivity index (χ4v) is 1.98. The second-order valence-corrected chi connectivity index (χ2v) is 4.53. The number of aryl methyl sites for hydroxylation is 1. The second-order valence-electron chi connectivity index (χ2n) is 4.53. The lowest BCUT2D eigenvalue weighted by molar-refractivity contribution is 0.411. The van der Waals surface area contributed by atoms with Gasteiger partial charge in [0, 0.05) is 17.8 Å². The van der Waals surface area contributed by atoms with Gasteiger partial charge < -0.3 is 19.9 Å². The molecule has 0 spiro atoms. The minimum absolute atomic E-state index is 0.254. The maximum absolute atomic E-state index is 9.84. The first-order valence-corrected chi connectivity index (χ1v) is 6.38. The normalized spacial score (nSPS) is 10.2. The van der Waals surface area contributed by atoms with Gasteiger partial charge in [0.25, 0.3) is 0 Å². The summed E-state index contributed by atoms with van der Waals surface area (Å²) in [7, 11) is 3.26. The van der Waals surface area contributed by atoms with Gasteiger partial charge in [-0.15, -0.1) is 0 Å². The predicted octanol–water partition coefficient (Wildman–Crippen LogP) is 3.33. The summed E-state index contributed by atoms with van der Waals surface area (Å²) in [5, 5.41) is 13.1. The topological polar surface area (TPSA) is 50.7 Å². The molecular formula is C16H19NO3. The first kappa shape index (κ1) is 14.1. The summed E-state index contributed by atoms with van der Waals surface area (Å²) in [6, 6.07) is 11.0. The van der Waals surface area contributed by atoms with E-state index in [4.69, 9.17) is 9.47 Å². The average Bonchev–Trinajstić information content (AvgIpc) is 2.47. The van der Waals surface area contributed by atoms with Crippen molar-refractivity contribution in [2.24, 2.45) is 0 Å². The minimum atomic E-state index is 0.254. The van der Waals surface area contributed by atoms with E-state index >= 15 is 0 Å². The van der Waals surface area contributed by atoms with E-state index in [1.54, 1.807) is 26.4 Å². The van der Waals surface area contributed by atoms with Gasteiger partial charge in [-0.2, -0.15) is 0 Å². The summed E-state index contributed by atoms with van der Waals surface area (Å²) in [5.41, 5.74) is 2.89. The fraction of sp³-hybridized carbons (Fsp3) is 0.250. The molecule has 0 amide bonds. The summed E-state index contributed by atoms with van der Waals surface area (Å²) in [6.07, 6.45) is 0. The highest BCUT2D eigenvalue weighted by molar-refractivity contribution is 5.54. The highest BCUT2D eigenvalue weighted by atomic mass is 16.5.